The van der Waals surface area contributed by atoms with Gasteiger partial charge in [0.25, 0.3) is 0 Å². The summed E-state index contributed by atoms with van der Waals surface area (Å²) in [5, 5.41) is 14.5. The van der Waals surface area contributed by atoms with Gasteiger partial charge in [0.05, 0.1) is 12.0 Å². The van der Waals surface area contributed by atoms with Crippen LogP contribution in [0, 0.1) is 40.4 Å². The number of allylic oxidation sites excluding steroid dienone is 7. The Bertz CT molecular complexity index is 1110. The highest BCUT2D eigenvalue weighted by atomic mass is 35.5. The summed E-state index contributed by atoms with van der Waals surface area (Å²) in [7, 11) is 0. The van der Waals surface area contributed by atoms with Gasteiger partial charge in [-0.25, -0.2) is 0 Å². The van der Waals surface area contributed by atoms with E-state index in [1.807, 2.05) is 23.3 Å². The molecule has 1 aliphatic heterocycles. The van der Waals surface area contributed by atoms with E-state index < -0.39 is 17.1 Å². The molecule has 4 fully saturated rings. The van der Waals surface area contributed by atoms with Gasteiger partial charge in [0, 0.05) is 40.8 Å². The molecular weight excluding hydrogens is 497 g/mol. The second kappa shape index (κ2) is 8.64. The second-order valence-corrected chi connectivity index (χ2v) is 13.0. The third kappa shape index (κ3) is 3.39. The molecule has 0 amide bonds. The highest BCUT2D eigenvalue weighted by Gasteiger charge is 2.75. The van der Waals surface area contributed by atoms with Gasteiger partial charge in [0.2, 0.25) is 0 Å². The van der Waals surface area contributed by atoms with E-state index in [0.717, 1.165) is 36.3 Å². The summed E-state index contributed by atoms with van der Waals surface area (Å²) in [6.45, 7) is 5.74. The first-order valence-electron chi connectivity index (χ1n) is 13.3. The van der Waals surface area contributed by atoms with Crippen LogP contribution in [0.3, 0.4) is 0 Å². The molecule has 3 saturated carbocycles. The van der Waals surface area contributed by atoms with Gasteiger partial charge in [-0.05, 0) is 68.1 Å². The summed E-state index contributed by atoms with van der Waals surface area (Å²) in [5.74, 6) is 0.766. The fraction of sp³-hybridized carbons (Fsp3) is 0.655. The van der Waals surface area contributed by atoms with Crippen LogP contribution in [0.25, 0.3) is 0 Å². The van der Waals surface area contributed by atoms with Gasteiger partial charge in [-0.3, -0.25) is 14.4 Å². The molecule has 0 aromatic carbocycles. The molecule has 0 aromatic heterocycles. The van der Waals surface area contributed by atoms with E-state index >= 15 is 0 Å². The Kier molecular flexibility index (Phi) is 6.01. The molecule has 0 radical (unpaired) electrons. The average Bonchev–Trinajstić information content (AvgIpc) is 3.32. The Labute approximate surface area is 223 Å². The predicted molar refractivity (Wildman–Crippen MR) is 139 cm³/mol. The standard InChI is InChI=1S/C29H35Cl2NO4/c1-27-10-9-21(33)11-18(27)5-8-22-23-12-19-16-32(15-17-3-6-20(31)7-4-17)36-29(19,25(35)14-30)28(23,2)13-24(34)26(22)27/h3,6-7,9-11,17,19,22-24,26,34H,4-5,8,12-16H2,1-2H3/t17?,19-,22-,23?,24-,26?,27-,28-,29-/m0/s1. The maximum atomic E-state index is 13.7. The molecule has 7 heteroatoms. The minimum absolute atomic E-state index is 0.0296. The van der Waals surface area contributed by atoms with Crippen molar-refractivity contribution in [3.05, 3.63) is 47.1 Å². The number of aliphatic hydroxyl groups is 1. The van der Waals surface area contributed by atoms with Crippen LogP contribution in [0.2, 0.25) is 0 Å². The normalized spacial score (nSPS) is 47.5. The maximum absolute atomic E-state index is 13.7. The molecule has 194 valence electrons. The van der Waals surface area contributed by atoms with Crippen molar-refractivity contribution in [1.29, 1.82) is 0 Å². The highest BCUT2D eigenvalue weighted by molar-refractivity contribution is 6.31. The van der Waals surface area contributed by atoms with Crippen LogP contribution in [0.15, 0.2) is 47.1 Å². The summed E-state index contributed by atoms with van der Waals surface area (Å²) in [4.78, 5) is 32.5. The zero-order valence-electron chi connectivity index (χ0n) is 21.0. The zero-order chi connectivity index (χ0) is 25.5. The largest absolute Gasteiger partial charge is 0.393 e. The van der Waals surface area contributed by atoms with Crippen LogP contribution in [0.1, 0.15) is 46.0 Å². The van der Waals surface area contributed by atoms with Gasteiger partial charge >= 0.3 is 0 Å². The van der Waals surface area contributed by atoms with E-state index in [1.54, 1.807) is 12.2 Å². The first-order chi connectivity index (χ1) is 17.1. The van der Waals surface area contributed by atoms with Crippen molar-refractivity contribution in [3.8, 4) is 0 Å². The lowest BCUT2D eigenvalue weighted by atomic mass is 9.46. The molecule has 5 aliphatic carbocycles. The number of rotatable bonds is 4. The number of ketones is 2. The van der Waals surface area contributed by atoms with Crippen molar-refractivity contribution in [2.24, 2.45) is 40.4 Å². The van der Waals surface area contributed by atoms with Gasteiger partial charge < -0.3 is 5.11 Å². The zero-order valence-corrected chi connectivity index (χ0v) is 22.5. The molecule has 3 unspecified atom stereocenters. The lowest BCUT2D eigenvalue weighted by Gasteiger charge is -2.60. The van der Waals surface area contributed by atoms with Crippen molar-refractivity contribution in [3.63, 3.8) is 0 Å². The van der Waals surface area contributed by atoms with E-state index in [2.05, 4.69) is 19.9 Å². The number of hydrogen-bond acceptors (Lipinski definition) is 5. The fourth-order valence-electron chi connectivity index (χ4n) is 9.19. The van der Waals surface area contributed by atoms with Crippen molar-refractivity contribution >= 4 is 34.8 Å². The number of nitrogens with zero attached hydrogens (tertiary/aromatic N) is 1. The summed E-state index contributed by atoms with van der Waals surface area (Å²) >= 11 is 12.4. The Hall–Kier alpha value is -1.24. The molecule has 5 nitrogen and oxygen atoms in total. The molecule has 9 atom stereocenters. The van der Waals surface area contributed by atoms with E-state index in [4.69, 9.17) is 28.0 Å². The number of carbonyl (C=O) groups is 2. The second-order valence-electron chi connectivity index (χ2n) is 12.3. The third-order valence-corrected chi connectivity index (χ3v) is 11.2. The van der Waals surface area contributed by atoms with Crippen molar-refractivity contribution in [2.75, 3.05) is 19.0 Å². The van der Waals surface area contributed by atoms with Crippen molar-refractivity contribution in [1.82, 2.24) is 5.06 Å². The van der Waals surface area contributed by atoms with E-state index in [9.17, 15) is 14.7 Å². The van der Waals surface area contributed by atoms with Crippen LogP contribution in [-0.4, -0.2) is 52.4 Å². The first-order valence-corrected chi connectivity index (χ1v) is 14.2. The van der Waals surface area contributed by atoms with Gasteiger partial charge in [-0.15, -0.1) is 11.6 Å². The molecular formula is C29H35Cl2NO4. The van der Waals surface area contributed by atoms with Gasteiger partial charge in [0.15, 0.2) is 17.2 Å². The number of hydrogen-bond donors (Lipinski definition) is 1. The molecule has 0 bridgehead atoms. The van der Waals surface area contributed by atoms with E-state index in [-0.39, 0.29) is 52.5 Å². The Morgan fingerprint density at radius 2 is 2.11 bits per heavy atom. The lowest BCUT2D eigenvalue weighted by Crippen LogP contribution is -2.63. The third-order valence-electron chi connectivity index (χ3n) is 10.7. The summed E-state index contributed by atoms with van der Waals surface area (Å²) in [5.41, 5.74) is -0.697. The topological polar surface area (TPSA) is 66.8 Å². The van der Waals surface area contributed by atoms with Gasteiger partial charge in [-0.2, -0.15) is 5.06 Å². The lowest BCUT2D eigenvalue weighted by molar-refractivity contribution is -0.251. The molecule has 0 aromatic rings. The van der Waals surface area contributed by atoms with Crippen LogP contribution >= 0.6 is 23.2 Å². The quantitative estimate of drug-likeness (QED) is 0.518. The molecule has 1 heterocycles. The average molecular weight is 533 g/mol. The SMILES string of the molecule is C[C@]12C=CC(=O)C=C1CC[C@@H]1C2[C@@H](O)C[C@@]2(C)C1C[C@H]1CN(CC3C=CC(Cl)=CC3)O[C@]12C(=O)CCl. The fourth-order valence-corrected chi connectivity index (χ4v) is 9.55. The molecule has 36 heavy (non-hydrogen) atoms. The Morgan fingerprint density at radius 3 is 2.83 bits per heavy atom. The number of Topliss-reactive ketones (excluding diaryl/α,β-unsaturated/α-hetero) is 1. The highest BCUT2D eigenvalue weighted by Crippen LogP contribution is 2.70. The number of alkyl halides is 1. The first kappa shape index (κ1) is 25.1. The summed E-state index contributed by atoms with van der Waals surface area (Å²) in [6.07, 6.45) is 15.0. The molecule has 1 saturated heterocycles. The molecule has 1 N–H and O–H groups in total. The number of halogens is 2. The monoisotopic (exact) mass is 531 g/mol. The van der Waals surface area contributed by atoms with Crippen LogP contribution in [0.5, 0.6) is 0 Å². The van der Waals surface area contributed by atoms with Gasteiger partial charge in [0.1, 0.15) is 0 Å². The smallest absolute Gasteiger partial charge is 0.182 e. The predicted octanol–water partition coefficient (Wildman–Crippen LogP) is 4.98. The van der Waals surface area contributed by atoms with Crippen LogP contribution in [0.4, 0.5) is 0 Å². The molecule has 6 rings (SSSR count). The number of carbonyl (C=O) groups excluding carboxylic acids is 2. The van der Waals surface area contributed by atoms with Crippen molar-refractivity contribution < 1.29 is 19.5 Å². The number of fused-ring (bicyclic) bond motifs is 7. The maximum Gasteiger partial charge on any atom is 0.182 e. The minimum atomic E-state index is -1.01. The van der Waals surface area contributed by atoms with Crippen LogP contribution in [-0.2, 0) is 14.4 Å². The Balaban J connectivity index is 1.32. The molecule has 0 spiro atoms. The van der Waals surface area contributed by atoms with Gasteiger partial charge in [-0.1, -0.05) is 49.2 Å². The number of aliphatic hydroxyl groups excluding tert-OH is 1. The van der Waals surface area contributed by atoms with E-state index in [0.29, 0.717) is 19.5 Å². The van der Waals surface area contributed by atoms with Crippen molar-refractivity contribution in [2.45, 2.75) is 57.7 Å². The number of hydroxylamine groups is 2. The minimum Gasteiger partial charge on any atom is -0.393 e. The van der Waals surface area contributed by atoms with E-state index in [1.165, 1.54) is 0 Å². The summed E-state index contributed by atoms with van der Waals surface area (Å²) < 4.78 is 0. The Morgan fingerprint density at radius 1 is 1.31 bits per heavy atom. The summed E-state index contributed by atoms with van der Waals surface area (Å²) in [6, 6.07) is 0. The van der Waals surface area contributed by atoms with Crippen LogP contribution < -0.4 is 0 Å². The molecule has 6 aliphatic rings.